The maximum Gasteiger partial charge on any atom is 0.253 e. The van der Waals surface area contributed by atoms with Gasteiger partial charge >= 0.3 is 0 Å². The van der Waals surface area contributed by atoms with E-state index in [1.165, 1.54) is 12.1 Å². The quantitative estimate of drug-likeness (QED) is 0.795. The molecule has 0 radical (unpaired) electrons. The average Bonchev–Trinajstić information content (AvgIpc) is 3.26. The third kappa shape index (κ3) is 3.71. The van der Waals surface area contributed by atoms with Crippen LogP contribution >= 0.6 is 0 Å². The van der Waals surface area contributed by atoms with Crippen molar-refractivity contribution in [2.45, 2.75) is 19.9 Å². The van der Waals surface area contributed by atoms with Gasteiger partial charge in [0.05, 0.1) is 12.6 Å². The third-order valence-electron chi connectivity index (χ3n) is 5.96. The summed E-state index contributed by atoms with van der Waals surface area (Å²) in [7, 11) is 0. The number of halogens is 1. The average molecular weight is 396 g/mol. The molecule has 2 amide bonds. The maximum absolute atomic E-state index is 13.8. The molecule has 2 aromatic carbocycles. The summed E-state index contributed by atoms with van der Waals surface area (Å²) in [5, 5.41) is 0. The van der Waals surface area contributed by atoms with Crippen LogP contribution in [0.25, 0.3) is 0 Å². The number of benzene rings is 2. The Morgan fingerprint density at radius 2 is 1.86 bits per heavy atom. The molecule has 2 aliphatic rings. The van der Waals surface area contributed by atoms with Gasteiger partial charge in [-0.25, -0.2) is 4.39 Å². The highest BCUT2D eigenvalue weighted by Gasteiger charge is 2.49. The normalized spacial score (nSPS) is 23.2. The number of carbonyl (C=O) groups excluding carboxylic acids is 2. The summed E-state index contributed by atoms with van der Waals surface area (Å²) in [6.07, 6.45) is 0. The van der Waals surface area contributed by atoms with E-state index in [1.807, 2.05) is 22.8 Å². The minimum atomic E-state index is -0.310. The standard InChI is InChI=1S/C23H25FN2O3/c1-3-29-20-9-7-16(8-10-20)23(28)25-12-18-13-26(15(2)27)22(21(18)14-25)17-5-4-6-19(24)11-17/h4-11,18,21-22H,3,12-14H2,1-2H3/t18-,21-,22+/m1/s1. The molecule has 2 aliphatic heterocycles. The van der Waals surface area contributed by atoms with Crippen LogP contribution in [-0.2, 0) is 4.79 Å². The second kappa shape index (κ2) is 7.85. The number of likely N-dealkylation sites (tertiary alicyclic amines) is 2. The fraction of sp³-hybridized carbons (Fsp3) is 0.391. The number of carbonyl (C=O) groups is 2. The van der Waals surface area contributed by atoms with Crippen LogP contribution < -0.4 is 4.74 Å². The molecule has 0 spiro atoms. The van der Waals surface area contributed by atoms with Crippen LogP contribution in [0.1, 0.15) is 35.8 Å². The summed E-state index contributed by atoms with van der Waals surface area (Å²) >= 11 is 0. The number of nitrogens with zero attached hydrogens (tertiary/aromatic N) is 2. The molecule has 2 heterocycles. The summed E-state index contributed by atoms with van der Waals surface area (Å²) in [6.45, 7) is 5.80. The van der Waals surface area contributed by atoms with Gasteiger partial charge in [0.15, 0.2) is 0 Å². The SMILES string of the molecule is CCOc1ccc(C(=O)N2C[C@@H]3CN(C(C)=O)[C@@H](c4cccc(F)c4)[C@@H]3C2)cc1. The number of hydrogen-bond donors (Lipinski definition) is 0. The van der Waals surface area contributed by atoms with Crippen molar-refractivity contribution in [2.75, 3.05) is 26.2 Å². The van der Waals surface area contributed by atoms with Gasteiger partial charge in [-0.1, -0.05) is 12.1 Å². The summed E-state index contributed by atoms with van der Waals surface area (Å²) in [4.78, 5) is 28.9. The molecule has 0 N–H and O–H groups in total. The van der Waals surface area contributed by atoms with Crippen LogP contribution in [0, 0.1) is 17.7 Å². The zero-order chi connectivity index (χ0) is 20.5. The van der Waals surface area contributed by atoms with E-state index < -0.39 is 0 Å². The second-order valence-corrected chi connectivity index (χ2v) is 7.76. The largest absolute Gasteiger partial charge is 0.494 e. The lowest BCUT2D eigenvalue weighted by Gasteiger charge is -2.29. The molecule has 0 saturated carbocycles. The number of rotatable bonds is 4. The topological polar surface area (TPSA) is 49.9 Å². The molecule has 0 unspecified atom stereocenters. The molecular weight excluding hydrogens is 371 g/mol. The first-order valence-corrected chi connectivity index (χ1v) is 10.0. The molecule has 3 atom stereocenters. The van der Waals surface area contributed by atoms with Gasteiger partial charge in [0.1, 0.15) is 11.6 Å². The highest BCUT2D eigenvalue weighted by Crippen LogP contribution is 2.45. The van der Waals surface area contributed by atoms with Crippen LogP contribution in [0.3, 0.4) is 0 Å². The molecule has 2 fully saturated rings. The van der Waals surface area contributed by atoms with Crippen molar-refractivity contribution in [3.8, 4) is 5.75 Å². The van der Waals surface area contributed by atoms with Crippen LogP contribution in [-0.4, -0.2) is 47.9 Å². The van der Waals surface area contributed by atoms with Gasteiger partial charge in [0.25, 0.3) is 5.91 Å². The Morgan fingerprint density at radius 3 is 2.52 bits per heavy atom. The highest BCUT2D eigenvalue weighted by atomic mass is 19.1. The lowest BCUT2D eigenvalue weighted by Crippen LogP contribution is -2.36. The van der Waals surface area contributed by atoms with E-state index in [0.29, 0.717) is 31.8 Å². The molecule has 5 nitrogen and oxygen atoms in total. The predicted molar refractivity (Wildman–Crippen MR) is 107 cm³/mol. The minimum Gasteiger partial charge on any atom is -0.494 e. The van der Waals surface area contributed by atoms with Crippen molar-refractivity contribution in [3.05, 3.63) is 65.5 Å². The molecule has 0 bridgehead atoms. The van der Waals surface area contributed by atoms with Crippen LogP contribution in [0.2, 0.25) is 0 Å². The van der Waals surface area contributed by atoms with Crippen molar-refractivity contribution >= 4 is 11.8 Å². The molecule has 29 heavy (non-hydrogen) atoms. The fourth-order valence-electron chi connectivity index (χ4n) is 4.70. The first kappa shape index (κ1) is 19.4. The fourth-order valence-corrected chi connectivity index (χ4v) is 4.70. The van der Waals surface area contributed by atoms with Gasteiger partial charge in [-0.05, 0) is 48.9 Å². The van der Waals surface area contributed by atoms with E-state index in [9.17, 15) is 14.0 Å². The molecule has 0 aliphatic carbocycles. The maximum atomic E-state index is 13.8. The Balaban J connectivity index is 1.54. The Kier molecular flexibility index (Phi) is 5.26. The first-order valence-electron chi connectivity index (χ1n) is 10.0. The second-order valence-electron chi connectivity index (χ2n) is 7.76. The number of ether oxygens (including phenoxy) is 1. The Morgan fingerprint density at radius 1 is 1.10 bits per heavy atom. The van der Waals surface area contributed by atoms with E-state index in [1.54, 1.807) is 37.3 Å². The van der Waals surface area contributed by atoms with Crippen LogP contribution in [0.15, 0.2) is 48.5 Å². The van der Waals surface area contributed by atoms with Crippen molar-refractivity contribution in [2.24, 2.45) is 11.8 Å². The van der Waals surface area contributed by atoms with E-state index >= 15 is 0 Å². The lowest BCUT2D eigenvalue weighted by atomic mass is 9.89. The van der Waals surface area contributed by atoms with E-state index in [-0.39, 0.29) is 35.5 Å². The summed E-state index contributed by atoms with van der Waals surface area (Å²) in [5.74, 6) is 0.694. The third-order valence-corrected chi connectivity index (χ3v) is 5.96. The molecule has 2 aromatic rings. The number of amides is 2. The van der Waals surface area contributed by atoms with Crippen molar-refractivity contribution < 1.29 is 18.7 Å². The van der Waals surface area contributed by atoms with E-state index in [0.717, 1.165) is 11.3 Å². The van der Waals surface area contributed by atoms with Gasteiger partial charge in [0, 0.05) is 44.0 Å². The molecule has 152 valence electrons. The van der Waals surface area contributed by atoms with Gasteiger partial charge in [-0.15, -0.1) is 0 Å². The Hall–Kier alpha value is -2.89. The minimum absolute atomic E-state index is 0.0157. The number of hydrogen-bond acceptors (Lipinski definition) is 3. The summed E-state index contributed by atoms with van der Waals surface area (Å²) in [6, 6.07) is 13.4. The van der Waals surface area contributed by atoms with E-state index in [2.05, 4.69) is 0 Å². The zero-order valence-electron chi connectivity index (χ0n) is 16.7. The highest BCUT2D eigenvalue weighted by molar-refractivity contribution is 5.94. The summed E-state index contributed by atoms with van der Waals surface area (Å²) < 4.78 is 19.3. The summed E-state index contributed by atoms with van der Waals surface area (Å²) in [5.41, 5.74) is 1.42. The van der Waals surface area contributed by atoms with Gasteiger partial charge in [0.2, 0.25) is 5.91 Å². The molecule has 6 heteroatoms. The number of fused-ring (bicyclic) bond motifs is 1. The van der Waals surface area contributed by atoms with E-state index in [4.69, 9.17) is 4.74 Å². The van der Waals surface area contributed by atoms with Gasteiger partial charge < -0.3 is 14.5 Å². The van der Waals surface area contributed by atoms with Crippen molar-refractivity contribution in [3.63, 3.8) is 0 Å². The Bertz CT molecular complexity index is 915. The molecule has 4 rings (SSSR count). The molecular formula is C23H25FN2O3. The van der Waals surface area contributed by atoms with Crippen molar-refractivity contribution in [1.82, 2.24) is 9.80 Å². The zero-order valence-corrected chi connectivity index (χ0v) is 16.7. The van der Waals surface area contributed by atoms with Crippen LogP contribution in [0.4, 0.5) is 4.39 Å². The van der Waals surface area contributed by atoms with Gasteiger partial charge in [-0.3, -0.25) is 9.59 Å². The lowest BCUT2D eigenvalue weighted by molar-refractivity contribution is -0.130. The van der Waals surface area contributed by atoms with Crippen LogP contribution in [0.5, 0.6) is 5.75 Å². The smallest absolute Gasteiger partial charge is 0.253 e. The predicted octanol–water partition coefficient (Wildman–Crippen LogP) is 3.52. The van der Waals surface area contributed by atoms with Gasteiger partial charge in [-0.2, -0.15) is 0 Å². The molecule has 2 saturated heterocycles. The Labute approximate surface area is 170 Å². The first-order chi connectivity index (χ1) is 14.0. The van der Waals surface area contributed by atoms with Crippen molar-refractivity contribution in [1.29, 1.82) is 0 Å². The monoisotopic (exact) mass is 396 g/mol. The molecule has 0 aromatic heterocycles.